The molecule has 0 aliphatic carbocycles. The third kappa shape index (κ3) is 3.80. The highest BCUT2D eigenvalue weighted by Crippen LogP contribution is 2.24. The first-order valence-corrected chi connectivity index (χ1v) is 7.57. The maximum Gasteiger partial charge on any atom is 0.170 e. The minimum Gasteiger partial charge on any atom is -0.409 e. The van der Waals surface area contributed by atoms with Crippen molar-refractivity contribution >= 4 is 17.2 Å². The van der Waals surface area contributed by atoms with Crippen molar-refractivity contribution in [2.24, 2.45) is 10.9 Å². The number of thiazole rings is 1. The van der Waals surface area contributed by atoms with Gasteiger partial charge < -0.3 is 16.3 Å². The van der Waals surface area contributed by atoms with Crippen molar-refractivity contribution in [1.29, 1.82) is 0 Å². The van der Waals surface area contributed by atoms with E-state index in [-0.39, 0.29) is 11.9 Å². The zero-order valence-electron chi connectivity index (χ0n) is 12.4. The number of amidine groups is 1. The van der Waals surface area contributed by atoms with Crippen LogP contribution in [0.2, 0.25) is 0 Å². The first kappa shape index (κ1) is 15.5. The van der Waals surface area contributed by atoms with Gasteiger partial charge in [-0.25, -0.2) is 4.98 Å². The molecule has 1 unspecified atom stereocenters. The van der Waals surface area contributed by atoms with E-state index >= 15 is 0 Å². The van der Waals surface area contributed by atoms with Gasteiger partial charge in [-0.2, -0.15) is 0 Å². The number of rotatable bonds is 5. The van der Waals surface area contributed by atoms with Gasteiger partial charge in [0.2, 0.25) is 0 Å². The van der Waals surface area contributed by atoms with E-state index in [1.807, 2.05) is 38.1 Å². The molecule has 1 heterocycles. The summed E-state index contributed by atoms with van der Waals surface area (Å²) in [5, 5.41) is 16.3. The van der Waals surface area contributed by atoms with Gasteiger partial charge in [-0.15, -0.1) is 11.3 Å². The van der Waals surface area contributed by atoms with Crippen molar-refractivity contribution < 1.29 is 5.21 Å². The summed E-state index contributed by atoms with van der Waals surface area (Å²) in [7, 11) is 0. The van der Waals surface area contributed by atoms with E-state index in [1.165, 1.54) is 4.88 Å². The number of hydrogen-bond donors (Lipinski definition) is 3. The first-order chi connectivity index (χ1) is 10.0. The Labute approximate surface area is 128 Å². The van der Waals surface area contributed by atoms with E-state index < -0.39 is 0 Å². The smallest absolute Gasteiger partial charge is 0.170 e. The van der Waals surface area contributed by atoms with Crippen LogP contribution in [0.3, 0.4) is 0 Å². The molecule has 1 aromatic carbocycles. The molecule has 1 aromatic heterocycles. The van der Waals surface area contributed by atoms with Gasteiger partial charge in [-0.05, 0) is 32.4 Å². The minimum atomic E-state index is 0.124. The average molecular weight is 304 g/mol. The lowest BCUT2D eigenvalue weighted by Crippen LogP contribution is -2.19. The quantitative estimate of drug-likeness (QED) is 0.343. The summed E-state index contributed by atoms with van der Waals surface area (Å²) in [5.41, 5.74) is 8.50. The predicted octanol–water partition coefficient (Wildman–Crippen LogP) is 2.71. The van der Waals surface area contributed by atoms with Gasteiger partial charge in [0.1, 0.15) is 0 Å². The predicted molar refractivity (Wildman–Crippen MR) is 85.8 cm³/mol. The van der Waals surface area contributed by atoms with Crippen LogP contribution in [0, 0.1) is 13.8 Å². The van der Waals surface area contributed by atoms with Gasteiger partial charge >= 0.3 is 0 Å². The summed E-state index contributed by atoms with van der Waals surface area (Å²) in [5.74, 6) is 0.124. The Hall–Kier alpha value is -1.92. The van der Waals surface area contributed by atoms with E-state index in [4.69, 9.17) is 10.9 Å². The fourth-order valence-corrected chi connectivity index (χ4v) is 3.17. The van der Waals surface area contributed by atoms with E-state index in [2.05, 4.69) is 22.4 Å². The number of oxime groups is 1. The summed E-state index contributed by atoms with van der Waals surface area (Å²) in [6.07, 6.45) is 0. The molecule has 6 heteroatoms. The molecular weight excluding hydrogens is 284 g/mol. The standard InChI is InChI=1S/C15H20N4OS/c1-9(14-10(2)18-11(3)21-14)17-8-12-5-4-6-13(7-12)15(16)19-20/h4-7,9,17,20H,8H2,1-3H3,(H2,16,19). The molecule has 4 N–H and O–H groups in total. The highest BCUT2D eigenvalue weighted by molar-refractivity contribution is 7.11. The zero-order chi connectivity index (χ0) is 15.4. The Balaban J connectivity index is 2.04. The van der Waals surface area contributed by atoms with E-state index in [9.17, 15) is 0 Å². The summed E-state index contributed by atoms with van der Waals surface area (Å²) in [4.78, 5) is 5.72. The third-order valence-electron chi connectivity index (χ3n) is 3.28. The molecule has 0 spiro atoms. The summed E-state index contributed by atoms with van der Waals surface area (Å²) in [6, 6.07) is 7.89. The van der Waals surface area contributed by atoms with Crippen molar-refractivity contribution in [3.05, 3.63) is 51.0 Å². The molecule has 1 atom stereocenters. The van der Waals surface area contributed by atoms with Gasteiger partial charge in [0, 0.05) is 23.0 Å². The van der Waals surface area contributed by atoms with Crippen molar-refractivity contribution in [3.63, 3.8) is 0 Å². The lowest BCUT2D eigenvalue weighted by Gasteiger charge is -2.13. The zero-order valence-corrected chi connectivity index (χ0v) is 13.2. The minimum absolute atomic E-state index is 0.124. The van der Waals surface area contributed by atoms with Crippen LogP contribution in [0.4, 0.5) is 0 Å². The van der Waals surface area contributed by atoms with E-state index in [0.717, 1.165) is 16.3 Å². The largest absolute Gasteiger partial charge is 0.409 e. The van der Waals surface area contributed by atoms with Gasteiger partial charge in [0.15, 0.2) is 5.84 Å². The van der Waals surface area contributed by atoms with Crippen LogP contribution in [0.1, 0.15) is 39.7 Å². The van der Waals surface area contributed by atoms with Gasteiger partial charge in [0.25, 0.3) is 0 Å². The summed E-state index contributed by atoms with van der Waals surface area (Å²) >= 11 is 1.72. The fourth-order valence-electron chi connectivity index (χ4n) is 2.21. The van der Waals surface area contributed by atoms with Crippen LogP contribution in [-0.4, -0.2) is 16.0 Å². The highest BCUT2D eigenvalue weighted by atomic mass is 32.1. The van der Waals surface area contributed by atoms with Crippen molar-refractivity contribution in [1.82, 2.24) is 10.3 Å². The lowest BCUT2D eigenvalue weighted by atomic mass is 10.1. The Kier molecular flexibility index (Phi) is 4.93. The molecule has 0 aliphatic heterocycles. The van der Waals surface area contributed by atoms with Crippen LogP contribution < -0.4 is 11.1 Å². The third-order valence-corrected chi connectivity index (χ3v) is 4.53. The normalized spacial score (nSPS) is 13.4. The number of aromatic nitrogens is 1. The topological polar surface area (TPSA) is 83.5 Å². The first-order valence-electron chi connectivity index (χ1n) is 6.75. The van der Waals surface area contributed by atoms with Gasteiger partial charge in [-0.3, -0.25) is 0 Å². The Morgan fingerprint density at radius 3 is 2.86 bits per heavy atom. The number of hydrogen-bond acceptors (Lipinski definition) is 5. The molecule has 2 rings (SSSR count). The molecule has 5 nitrogen and oxygen atoms in total. The lowest BCUT2D eigenvalue weighted by molar-refractivity contribution is 0.318. The SMILES string of the molecule is Cc1nc(C)c(C(C)NCc2cccc(C(N)=NO)c2)s1. The van der Waals surface area contributed by atoms with Crippen LogP contribution in [0.25, 0.3) is 0 Å². The number of nitrogens with zero attached hydrogens (tertiary/aromatic N) is 2. The van der Waals surface area contributed by atoms with E-state index in [1.54, 1.807) is 11.3 Å². The number of benzene rings is 1. The Morgan fingerprint density at radius 2 is 2.24 bits per heavy atom. The molecule has 0 amide bonds. The van der Waals surface area contributed by atoms with Crippen LogP contribution in [0.15, 0.2) is 29.4 Å². The van der Waals surface area contributed by atoms with Crippen molar-refractivity contribution in [2.45, 2.75) is 33.4 Å². The maximum absolute atomic E-state index is 8.72. The molecule has 0 saturated carbocycles. The summed E-state index contributed by atoms with van der Waals surface area (Å²) < 4.78 is 0. The Bertz CT molecular complexity index is 651. The number of aryl methyl sites for hydroxylation is 2. The van der Waals surface area contributed by atoms with E-state index in [0.29, 0.717) is 12.1 Å². The number of nitrogens with two attached hydrogens (primary N) is 1. The van der Waals surface area contributed by atoms with Gasteiger partial charge in [0.05, 0.1) is 10.7 Å². The molecule has 0 aliphatic rings. The van der Waals surface area contributed by atoms with Crippen LogP contribution >= 0.6 is 11.3 Å². The molecule has 0 radical (unpaired) electrons. The second-order valence-electron chi connectivity index (χ2n) is 4.97. The molecule has 2 aromatic rings. The van der Waals surface area contributed by atoms with Gasteiger partial charge in [-0.1, -0.05) is 23.4 Å². The van der Waals surface area contributed by atoms with Crippen LogP contribution in [0.5, 0.6) is 0 Å². The monoisotopic (exact) mass is 304 g/mol. The number of nitrogens with one attached hydrogen (secondary N) is 1. The molecule has 0 fully saturated rings. The second kappa shape index (κ2) is 6.69. The molecule has 21 heavy (non-hydrogen) atoms. The molecular formula is C15H20N4OS. The second-order valence-corrected chi connectivity index (χ2v) is 6.21. The maximum atomic E-state index is 8.72. The fraction of sp³-hybridized carbons (Fsp3) is 0.333. The Morgan fingerprint density at radius 1 is 1.48 bits per heavy atom. The summed E-state index contributed by atoms with van der Waals surface area (Å²) in [6.45, 7) is 6.90. The van der Waals surface area contributed by atoms with Crippen LogP contribution in [-0.2, 0) is 6.54 Å². The van der Waals surface area contributed by atoms with Crippen molar-refractivity contribution in [3.8, 4) is 0 Å². The molecule has 112 valence electrons. The average Bonchev–Trinajstić information content (AvgIpc) is 2.83. The van der Waals surface area contributed by atoms with Crippen molar-refractivity contribution in [2.75, 3.05) is 0 Å². The molecule has 0 bridgehead atoms. The highest BCUT2D eigenvalue weighted by Gasteiger charge is 2.12. The molecule has 0 saturated heterocycles.